The van der Waals surface area contributed by atoms with Crippen molar-refractivity contribution in [2.24, 2.45) is 0 Å². The Kier molecular flexibility index (Phi) is 9.12. The van der Waals surface area contributed by atoms with Gasteiger partial charge in [-0.2, -0.15) is 8.42 Å². The van der Waals surface area contributed by atoms with Gasteiger partial charge in [-0.3, -0.25) is 4.79 Å². The third-order valence-electron chi connectivity index (χ3n) is 3.49. The van der Waals surface area contributed by atoms with Crippen molar-refractivity contribution in [3.05, 3.63) is 0 Å². The third-order valence-corrected chi connectivity index (χ3v) is 10.1. The van der Waals surface area contributed by atoms with E-state index in [1.807, 2.05) is 41.5 Å². The van der Waals surface area contributed by atoms with Crippen LogP contribution >= 0.6 is 10.3 Å². The van der Waals surface area contributed by atoms with Gasteiger partial charge in [0, 0.05) is 16.9 Å². The van der Waals surface area contributed by atoms with Crippen LogP contribution < -0.4 is 0 Å². The van der Waals surface area contributed by atoms with Gasteiger partial charge in [0.1, 0.15) is 5.78 Å². The molecule has 0 aromatic rings. The molecule has 0 rings (SSSR count). The van der Waals surface area contributed by atoms with Gasteiger partial charge in [0.25, 0.3) is 10.1 Å². The lowest BCUT2D eigenvalue weighted by atomic mass is 10.3. The number of carbonyl (C=O) groups excluding carboxylic acids is 1. The second-order valence-corrected chi connectivity index (χ2v) is 11.8. The normalized spacial score (nSPS) is 13.9. The van der Waals surface area contributed by atoms with Crippen LogP contribution in [0, 0.1) is 0 Å². The first-order valence-electron chi connectivity index (χ1n) is 7.85. The summed E-state index contributed by atoms with van der Waals surface area (Å²) < 4.78 is 30.2. The quantitative estimate of drug-likeness (QED) is 0.569. The molecule has 0 atom stereocenters. The minimum atomic E-state index is -3.57. The largest absolute Gasteiger partial charge is 0.299 e. The SMILES string of the molecule is CCCCS(=O)(=O)OS(CC(=O)CCC)(C(C)C)C(C)C. The second-order valence-electron chi connectivity index (χ2n) is 5.99. The highest BCUT2D eigenvalue weighted by molar-refractivity contribution is 8.34. The fourth-order valence-electron chi connectivity index (χ4n) is 2.21. The monoisotopic (exact) mass is 340 g/mol. The lowest BCUT2D eigenvalue weighted by molar-refractivity contribution is -0.116. The van der Waals surface area contributed by atoms with Gasteiger partial charge in [-0.1, -0.05) is 48.0 Å². The van der Waals surface area contributed by atoms with Gasteiger partial charge in [-0.25, -0.2) is 3.63 Å². The summed E-state index contributed by atoms with van der Waals surface area (Å²) in [5.41, 5.74) is 0. The Hall–Kier alpha value is -0.0700. The highest BCUT2D eigenvalue weighted by Crippen LogP contribution is 2.58. The molecule has 6 heteroatoms. The van der Waals surface area contributed by atoms with Crippen molar-refractivity contribution < 1.29 is 16.8 Å². The number of hydrogen-bond acceptors (Lipinski definition) is 4. The highest BCUT2D eigenvalue weighted by atomic mass is 32.3. The maximum Gasteiger partial charge on any atom is 0.276 e. The van der Waals surface area contributed by atoms with E-state index in [4.69, 9.17) is 3.63 Å². The van der Waals surface area contributed by atoms with Crippen LogP contribution in [0.3, 0.4) is 0 Å². The Balaban J connectivity index is 5.35. The Bertz CT molecular complexity index is 405. The zero-order valence-electron chi connectivity index (χ0n) is 14.3. The molecule has 0 fully saturated rings. The van der Waals surface area contributed by atoms with Crippen LogP contribution in [0.4, 0.5) is 0 Å². The first kappa shape index (κ1) is 20.9. The average Bonchev–Trinajstić information content (AvgIpc) is 2.35. The van der Waals surface area contributed by atoms with Gasteiger partial charge in [-0.05, 0) is 12.8 Å². The Morgan fingerprint density at radius 3 is 1.90 bits per heavy atom. The van der Waals surface area contributed by atoms with E-state index in [-0.39, 0.29) is 27.8 Å². The number of Topliss-reactive ketones (excluding diaryl/α,β-unsaturated/α-hetero) is 1. The van der Waals surface area contributed by atoms with Crippen molar-refractivity contribution in [2.75, 3.05) is 11.5 Å². The maximum atomic E-state index is 12.2. The van der Waals surface area contributed by atoms with E-state index in [0.717, 1.165) is 12.8 Å². The second kappa shape index (κ2) is 9.16. The summed E-state index contributed by atoms with van der Waals surface area (Å²) in [4.78, 5) is 12.1. The first-order valence-corrected chi connectivity index (χ1v) is 11.3. The Labute approximate surface area is 132 Å². The van der Waals surface area contributed by atoms with Crippen molar-refractivity contribution in [1.29, 1.82) is 0 Å². The fourth-order valence-corrected chi connectivity index (χ4v) is 8.52. The van der Waals surface area contributed by atoms with Crippen molar-refractivity contribution in [3.8, 4) is 0 Å². The molecule has 0 aromatic carbocycles. The van der Waals surface area contributed by atoms with E-state index >= 15 is 0 Å². The average molecular weight is 341 g/mol. The molecule has 0 aromatic heterocycles. The molecule has 0 bridgehead atoms. The van der Waals surface area contributed by atoms with Gasteiger partial charge in [0.15, 0.2) is 0 Å². The lowest BCUT2D eigenvalue weighted by Gasteiger charge is -2.45. The van der Waals surface area contributed by atoms with E-state index in [1.54, 1.807) is 0 Å². The van der Waals surface area contributed by atoms with Gasteiger partial charge in [0.2, 0.25) is 0 Å². The molecular formula is C15H32O4S2. The topological polar surface area (TPSA) is 60.4 Å². The summed E-state index contributed by atoms with van der Waals surface area (Å²) in [7, 11) is -5.54. The minimum absolute atomic E-state index is 0.0368. The van der Waals surface area contributed by atoms with E-state index in [0.29, 0.717) is 12.8 Å². The molecule has 0 saturated heterocycles. The minimum Gasteiger partial charge on any atom is -0.299 e. The predicted molar refractivity (Wildman–Crippen MR) is 92.4 cm³/mol. The van der Waals surface area contributed by atoms with Crippen molar-refractivity contribution in [2.45, 2.75) is 77.7 Å². The summed E-state index contributed by atoms with van der Waals surface area (Å²) in [6.45, 7) is 11.8. The molecule has 0 unspecified atom stereocenters. The summed E-state index contributed by atoms with van der Waals surface area (Å²) in [5.74, 6) is 0.405. The lowest BCUT2D eigenvalue weighted by Crippen LogP contribution is -2.32. The molecule has 0 aliphatic heterocycles. The summed E-state index contributed by atoms with van der Waals surface area (Å²) in [6.07, 6.45) is 2.68. The molecule has 0 amide bonds. The summed E-state index contributed by atoms with van der Waals surface area (Å²) in [5, 5.41) is 0.0735. The fraction of sp³-hybridized carbons (Fsp3) is 0.933. The van der Waals surface area contributed by atoms with Crippen LogP contribution in [0.15, 0.2) is 0 Å². The highest BCUT2D eigenvalue weighted by Gasteiger charge is 2.38. The number of hydrogen-bond donors (Lipinski definition) is 0. The number of carbonyl (C=O) groups is 1. The van der Waals surface area contributed by atoms with Crippen LogP contribution in [-0.2, 0) is 18.5 Å². The summed E-state index contributed by atoms with van der Waals surface area (Å²) in [6, 6.07) is 0. The first-order chi connectivity index (χ1) is 9.61. The molecule has 0 radical (unpaired) electrons. The Morgan fingerprint density at radius 1 is 1.00 bits per heavy atom. The molecule has 0 aliphatic carbocycles. The zero-order valence-corrected chi connectivity index (χ0v) is 16.0. The Morgan fingerprint density at radius 2 is 1.52 bits per heavy atom. The van der Waals surface area contributed by atoms with Crippen molar-refractivity contribution in [1.82, 2.24) is 0 Å². The molecule has 21 heavy (non-hydrogen) atoms. The molecule has 4 nitrogen and oxygen atoms in total. The van der Waals surface area contributed by atoms with Crippen molar-refractivity contribution >= 4 is 26.2 Å². The van der Waals surface area contributed by atoms with Crippen LogP contribution in [0.2, 0.25) is 0 Å². The maximum absolute atomic E-state index is 12.2. The number of rotatable bonds is 11. The van der Waals surface area contributed by atoms with E-state index in [2.05, 4.69) is 0 Å². The van der Waals surface area contributed by atoms with Gasteiger partial charge in [0.05, 0.1) is 11.5 Å². The van der Waals surface area contributed by atoms with Crippen LogP contribution in [0.1, 0.15) is 67.2 Å². The molecule has 0 aliphatic rings. The van der Waals surface area contributed by atoms with Crippen molar-refractivity contribution in [3.63, 3.8) is 0 Å². The third kappa shape index (κ3) is 6.70. The molecular weight excluding hydrogens is 308 g/mol. The van der Waals surface area contributed by atoms with Gasteiger partial charge in [-0.15, -0.1) is 10.3 Å². The van der Waals surface area contributed by atoms with E-state index in [9.17, 15) is 13.2 Å². The molecule has 128 valence electrons. The molecule has 0 N–H and O–H groups in total. The standard InChI is InChI=1S/C15H32O4S2/c1-7-9-11-21(17,18)19-20(13(3)4,14(5)6)12-15(16)10-8-2/h13-14H,7-12H2,1-6H3. The number of unbranched alkanes of at least 4 members (excludes halogenated alkanes) is 1. The molecule has 0 heterocycles. The smallest absolute Gasteiger partial charge is 0.276 e. The van der Waals surface area contributed by atoms with Crippen LogP contribution in [-0.4, -0.2) is 36.2 Å². The summed E-state index contributed by atoms with van der Waals surface area (Å²) >= 11 is 0. The van der Waals surface area contributed by atoms with Gasteiger partial charge < -0.3 is 0 Å². The van der Waals surface area contributed by atoms with Crippen LogP contribution in [0.25, 0.3) is 0 Å². The van der Waals surface area contributed by atoms with Crippen LogP contribution in [0.5, 0.6) is 0 Å². The molecule has 0 saturated carbocycles. The van der Waals surface area contributed by atoms with Gasteiger partial charge >= 0.3 is 0 Å². The zero-order chi connectivity index (χ0) is 16.7. The number of ketones is 1. The van der Waals surface area contributed by atoms with E-state index in [1.165, 1.54) is 0 Å². The predicted octanol–water partition coefficient (Wildman–Crippen LogP) is 4.04. The molecule has 0 spiro atoms. The van der Waals surface area contributed by atoms with E-state index < -0.39 is 20.4 Å².